The highest BCUT2D eigenvalue weighted by atomic mass is 19.1. The molecule has 0 aliphatic carbocycles. The van der Waals surface area contributed by atoms with E-state index in [1.165, 1.54) is 6.07 Å². The van der Waals surface area contributed by atoms with E-state index in [1.807, 2.05) is 0 Å². The Labute approximate surface area is 246 Å². The minimum absolute atomic E-state index is 0.00888. The summed E-state index contributed by atoms with van der Waals surface area (Å²) in [5.41, 5.74) is -0.125. The van der Waals surface area contributed by atoms with Crippen LogP contribution in [0.4, 0.5) is 19.0 Å². The Hall–Kier alpha value is -4.14. The molecule has 3 atom stereocenters. The Balaban J connectivity index is 1.32. The van der Waals surface area contributed by atoms with Gasteiger partial charge in [-0.1, -0.05) is 30.2 Å². The van der Waals surface area contributed by atoms with Gasteiger partial charge in [-0.05, 0) is 30.8 Å². The van der Waals surface area contributed by atoms with E-state index in [2.05, 4.69) is 31.0 Å². The van der Waals surface area contributed by atoms with Crippen LogP contribution in [0.25, 0.3) is 32.9 Å². The van der Waals surface area contributed by atoms with Crippen molar-refractivity contribution in [1.82, 2.24) is 25.2 Å². The summed E-state index contributed by atoms with van der Waals surface area (Å²) in [5.74, 6) is 1.81. The fraction of sp³-hybridized carbons (Fsp3) is 0.406. The second-order valence-electron chi connectivity index (χ2n) is 11.8. The number of anilines is 1. The van der Waals surface area contributed by atoms with Crippen LogP contribution in [0.5, 0.6) is 11.9 Å². The third kappa shape index (κ3) is 4.11. The van der Waals surface area contributed by atoms with Gasteiger partial charge in [0.1, 0.15) is 47.6 Å². The molecule has 0 spiro atoms. The first kappa shape index (κ1) is 26.5. The molecule has 220 valence electrons. The Morgan fingerprint density at radius 2 is 2.05 bits per heavy atom. The summed E-state index contributed by atoms with van der Waals surface area (Å²) in [6.07, 6.45) is 6.99. The van der Waals surface area contributed by atoms with E-state index in [-0.39, 0.29) is 41.3 Å². The van der Waals surface area contributed by atoms with E-state index < -0.39 is 23.3 Å². The van der Waals surface area contributed by atoms with Crippen molar-refractivity contribution in [1.29, 1.82) is 0 Å². The van der Waals surface area contributed by atoms with E-state index in [4.69, 9.17) is 20.9 Å². The summed E-state index contributed by atoms with van der Waals surface area (Å²) in [6, 6.07) is 8.04. The Morgan fingerprint density at radius 1 is 1.14 bits per heavy atom. The van der Waals surface area contributed by atoms with Crippen LogP contribution < -0.4 is 19.7 Å². The molecule has 1 N–H and O–H groups in total. The van der Waals surface area contributed by atoms with E-state index in [1.54, 1.807) is 24.3 Å². The van der Waals surface area contributed by atoms with Crippen molar-refractivity contribution in [3.05, 3.63) is 47.5 Å². The topological polar surface area (TPSA) is 75.6 Å². The molecule has 2 aromatic carbocycles. The van der Waals surface area contributed by atoms with Crippen LogP contribution in [-0.4, -0.2) is 83.5 Å². The van der Waals surface area contributed by atoms with E-state index >= 15 is 4.39 Å². The fourth-order valence-electron chi connectivity index (χ4n) is 7.36. The maximum Gasteiger partial charge on any atom is 0.319 e. The summed E-state index contributed by atoms with van der Waals surface area (Å²) in [6.45, 7) is 3.71. The van der Waals surface area contributed by atoms with E-state index in [0.717, 1.165) is 19.4 Å². The summed E-state index contributed by atoms with van der Waals surface area (Å²) >= 11 is 0. The molecule has 1 unspecified atom stereocenters. The molecule has 2 aromatic heterocycles. The maximum atomic E-state index is 16.8. The molecule has 43 heavy (non-hydrogen) atoms. The highest BCUT2D eigenvalue weighted by Crippen LogP contribution is 2.43. The zero-order valence-corrected chi connectivity index (χ0v) is 23.4. The highest BCUT2D eigenvalue weighted by Gasteiger charge is 2.49. The molecule has 0 bridgehead atoms. The standard InChI is InChI=1S/C32H29F3N6O2/c1-2-21-23(34)8-7-18-5-3-6-22(24(18)21)27-26(35)28-25-29(41-12-10-36-14-20(41)16-42-30(25)37-27)39-31(38-28)43-17-32-9-4-11-40(32)15-19(33)13-32/h1,3,5-8,19-20,36H,4,9-17H2/t19-,20+,32?/m1/s1. The van der Waals surface area contributed by atoms with Gasteiger partial charge in [-0.3, -0.25) is 4.90 Å². The van der Waals surface area contributed by atoms with Crippen LogP contribution in [0.1, 0.15) is 24.8 Å². The quantitative estimate of drug-likeness (QED) is 0.357. The molecular weight excluding hydrogens is 557 g/mol. The lowest BCUT2D eigenvalue weighted by Crippen LogP contribution is -2.53. The SMILES string of the molecule is C#Cc1c(F)ccc2cccc(-c3nc4c5c(nc(OCC67CCCN6C[C@H](F)C7)nc5c3F)N3CCNC[C@H]3CO4)c12. The van der Waals surface area contributed by atoms with Gasteiger partial charge in [-0.2, -0.15) is 9.97 Å². The lowest BCUT2D eigenvalue weighted by Gasteiger charge is -2.35. The molecule has 4 aromatic rings. The van der Waals surface area contributed by atoms with Crippen LogP contribution >= 0.6 is 0 Å². The normalized spacial score (nSPS) is 24.8. The summed E-state index contributed by atoms with van der Waals surface area (Å²) in [7, 11) is 0. The number of pyridine rings is 1. The van der Waals surface area contributed by atoms with Crippen molar-refractivity contribution < 1.29 is 22.6 Å². The Morgan fingerprint density at radius 3 is 2.93 bits per heavy atom. The lowest BCUT2D eigenvalue weighted by molar-refractivity contribution is 0.107. The highest BCUT2D eigenvalue weighted by molar-refractivity contribution is 6.03. The number of alkyl halides is 1. The molecular formula is C32H29F3N6O2. The van der Waals surface area contributed by atoms with Gasteiger partial charge >= 0.3 is 6.01 Å². The third-order valence-electron chi connectivity index (χ3n) is 9.37. The minimum Gasteiger partial charge on any atom is -0.475 e. The number of hydrogen-bond acceptors (Lipinski definition) is 8. The number of ether oxygens (including phenoxy) is 2. The number of rotatable bonds is 4. The van der Waals surface area contributed by atoms with Crippen molar-refractivity contribution >= 4 is 27.5 Å². The van der Waals surface area contributed by atoms with Crippen LogP contribution in [0.15, 0.2) is 30.3 Å². The number of halogens is 3. The number of terminal acetylenes is 1. The van der Waals surface area contributed by atoms with Crippen molar-refractivity contribution in [3.63, 3.8) is 0 Å². The molecule has 3 fully saturated rings. The number of hydrogen-bond donors (Lipinski definition) is 1. The van der Waals surface area contributed by atoms with E-state index in [9.17, 15) is 8.78 Å². The van der Waals surface area contributed by atoms with Gasteiger partial charge in [-0.15, -0.1) is 6.42 Å². The maximum absolute atomic E-state index is 16.8. The number of piperazine rings is 1. The second kappa shape index (κ2) is 9.96. The van der Waals surface area contributed by atoms with Crippen molar-refractivity contribution in [2.24, 2.45) is 0 Å². The number of nitrogens with zero attached hydrogens (tertiary/aromatic N) is 5. The molecule has 4 aliphatic rings. The molecule has 6 heterocycles. The molecule has 11 heteroatoms. The first-order valence-electron chi connectivity index (χ1n) is 14.7. The first-order chi connectivity index (χ1) is 21.0. The number of nitrogens with one attached hydrogen (secondary N) is 1. The molecule has 8 rings (SSSR count). The van der Waals surface area contributed by atoms with Gasteiger partial charge in [0.2, 0.25) is 5.88 Å². The minimum atomic E-state index is -0.906. The monoisotopic (exact) mass is 586 g/mol. The molecule has 3 saturated heterocycles. The van der Waals surface area contributed by atoms with Crippen LogP contribution in [0, 0.1) is 24.0 Å². The van der Waals surface area contributed by atoms with E-state index in [0.29, 0.717) is 66.7 Å². The predicted molar refractivity (Wildman–Crippen MR) is 156 cm³/mol. The number of benzene rings is 2. The van der Waals surface area contributed by atoms with Gasteiger partial charge in [0.15, 0.2) is 5.82 Å². The smallest absolute Gasteiger partial charge is 0.319 e. The second-order valence-corrected chi connectivity index (χ2v) is 11.8. The van der Waals surface area contributed by atoms with Crippen molar-refractivity contribution in [2.45, 2.75) is 37.0 Å². The van der Waals surface area contributed by atoms with Gasteiger partial charge < -0.3 is 19.7 Å². The van der Waals surface area contributed by atoms with Crippen LogP contribution in [0.2, 0.25) is 0 Å². The predicted octanol–water partition coefficient (Wildman–Crippen LogP) is 4.23. The van der Waals surface area contributed by atoms with Crippen LogP contribution in [-0.2, 0) is 0 Å². The summed E-state index contributed by atoms with van der Waals surface area (Å²) < 4.78 is 58.5. The van der Waals surface area contributed by atoms with Crippen LogP contribution in [0.3, 0.4) is 0 Å². The number of fused-ring (bicyclic) bond motifs is 4. The summed E-state index contributed by atoms with van der Waals surface area (Å²) in [4.78, 5) is 18.3. The van der Waals surface area contributed by atoms with Gasteiger partial charge in [0.05, 0.1) is 17.1 Å². The van der Waals surface area contributed by atoms with Crippen molar-refractivity contribution in [2.75, 3.05) is 50.8 Å². The van der Waals surface area contributed by atoms with Gasteiger partial charge in [0, 0.05) is 43.5 Å². The molecule has 4 aliphatic heterocycles. The average molecular weight is 587 g/mol. The first-order valence-corrected chi connectivity index (χ1v) is 14.7. The van der Waals surface area contributed by atoms with Crippen molar-refractivity contribution in [3.8, 4) is 35.5 Å². The number of aromatic nitrogens is 3. The molecule has 0 radical (unpaired) electrons. The largest absolute Gasteiger partial charge is 0.475 e. The van der Waals surface area contributed by atoms with Gasteiger partial charge in [-0.25, -0.2) is 18.2 Å². The Bertz CT molecular complexity index is 1830. The third-order valence-corrected chi connectivity index (χ3v) is 9.37. The lowest BCUT2D eigenvalue weighted by atomic mass is 9.95. The van der Waals surface area contributed by atoms with Gasteiger partial charge in [0.25, 0.3) is 0 Å². The zero-order valence-electron chi connectivity index (χ0n) is 23.4. The average Bonchev–Trinajstić information content (AvgIpc) is 3.49. The molecule has 0 amide bonds. The molecule has 8 nitrogen and oxygen atoms in total. The molecule has 0 saturated carbocycles. The Kier molecular flexibility index (Phi) is 6.14. The fourth-order valence-corrected chi connectivity index (χ4v) is 7.36. The zero-order chi connectivity index (χ0) is 29.3. The summed E-state index contributed by atoms with van der Waals surface area (Å²) in [5, 5.41) is 4.76.